The van der Waals surface area contributed by atoms with Crippen LogP contribution in [0.1, 0.15) is 17.2 Å². The number of nitrogens with zero attached hydrogens (tertiary/aromatic N) is 1. The van der Waals surface area contributed by atoms with Gasteiger partial charge in [-0.3, -0.25) is 4.99 Å². The quantitative estimate of drug-likeness (QED) is 0.606. The fourth-order valence-corrected chi connectivity index (χ4v) is 2.38. The third-order valence-corrected chi connectivity index (χ3v) is 3.73. The zero-order valence-electron chi connectivity index (χ0n) is 14.5. The summed E-state index contributed by atoms with van der Waals surface area (Å²) in [6.07, 6.45) is -0.0263. The van der Waals surface area contributed by atoms with Crippen molar-refractivity contribution in [3.8, 4) is 5.75 Å². The van der Waals surface area contributed by atoms with Crippen LogP contribution >= 0.6 is 0 Å². The molecule has 2 N–H and O–H groups in total. The Morgan fingerprint density at radius 2 is 1.83 bits per heavy atom. The molecule has 0 amide bonds. The van der Waals surface area contributed by atoms with Gasteiger partial charge in [-0.1, -0.05) is 42.5 Å². The van der Waals surface area contributed by atoms with E-state index in [0.717, 1.165) is 22.8 Å². The molecule has 0 heterocycles. The molecule has 0 saturated carbocycles. The lowest BCUT2D eigenvalue weighted by Crippen LogP contribution is -2.39. The molecule has 128 valence electrons. The topological polar surface area (TPSA) is 54.9 Å². The molecule has 24 heavy (non-hydrogen) atoms. The van der Waals surface area contributed by atoms with Gasteiger partial charge in [-0.15, -0.1) is 0 Å². The summed E-state index contributed by atoms with van der Waals surface area (Å²) >= 11 is 0. The van der Waals surface area contributed by atoms with Gasteiger partial charge in [0.1, 0.15) is 5.75 Å². The molecule has 2 aromatic rings. The van der Waals surface area contributed by atoms with Crippen LogP contribution in [0.5, 0.6) is 5.75 Å². The van der Waals surface area contributed by atoms with E-state index in [1.165, 1.54) is 0 Å². The van der Waals surface area contributed by atoms with E-state index in [0.29, 0.717) is 13.1 Å². The first kappa shape index (κ1) is 17.8. The second-order valence-electron chi connectivity index (χ2n) is 5.29. The maximum atomic E-state index is 5.56. The summed E-state index contributed by atoms with van der Waals surface area (Å²) in [4.78, 5) is 4.25. The van der Waals surface area contributed by atoms with Gasteiger partial charge >= 0.3 is 0 Å². The van der Waals surface area contributed by atoms with Gasteiger partial charge in [-0.2, -0.15) is 0 Å². The number of benzene rings is 2. The first-order valence-corrected chi connectivity index (χ1v) is 7.92. The van der Waals surface area contributed by atoms with E-state index < -0.39 is 0 Å². The highest BCUT2D eigenvalue weighted by Crippen LogP contribution is 2.15. The largest absolute Gasteiger partial charge is 0.497 e. The van der Waals surface area contributed by atoms with Crippen LogP contribution in [0.25, 0.3) is 0 Å². The highest BCUT2D eigenvalue weighted by atomic mass is 16.5. The van der Waals surface area contributed by atoms with Crippen molar-refractivity contribution in [3.63, 3.8) is 0 Å². The lowest BCUT2D eigenvalue weighted by atomic mass is 10.1. The van der Waals surface area contributed by atoms with Gasteiger partial charge in [-0.05, 0) is 23.3 Å². The fraction of sp³-hybridized carbons (Fsp3) is 0.316. The van der Waals surface area contributed by atoms with Crippen LogP contribution in [0.2, 0.25) is 0 Å². The third-order valence-electron chi connectivity index (χ3n) is 3.73. The molecule has 0 aliphatic heterocycles. The molecule has 1 atom stereocenters. The number of hydrogen-bond donors (Lipinski definition) is 2. The Hall–Kier alpha value is -2.53. The summed E-state index contributed by atoms with van der Waals surface area (Å²) in [5, 5.41) is 6.60. The molecule has 0 aromatic heterocycles. The minimum Gasteiger partial charge on any atom is -0.497 e. The summed E-state index contributed by atoms with van der Waals surface area (Å²) in [6, 6.07) is 18.1. The predicted molar refractivity (Wildman–Crippen MR) is 97.4 cm³/mol. The van der Waals surface area contributed by atoms with Crippen LogP contribution in [0.3, 0.4) is 0 Å². The minimum atomic E-state index is -0.0263. The first-order chi connectivity index (χ1) is 11.8. The van der Waals surface area contributed by atoms with Crippen LogP contribution in [0, 0.1) is 0 Å². The van der Waals surface area contributed by atoms with Crippen molar-refractivity contribution >= 4 is 5.96 Å². The van der Waals surface area contributed by atoms with E-state index in [4.69, 9.17) is 9.47 Å². The van der Waals surface area contributed by atoms with Crippen molar-refractivity contribution < 1.29 is 9.47 Å². The smallest absolute Gasteiger partial charge is 0.191 e. The number of ether oxygens (including phenoxy) is 2. The van der Waals surface area contributed by atoms with Gasteiger partial charge in [0.25, 0.3) is 0 Å². The predicted octanol–water partition coefficient (Wildman–Crippen LogP) is 2.75. The maximum Gasteiger partial charge on any atom is 0.191 e. The van der Waals surface area contributed by atoms with Gasteiger partial charge in [0, 0.05) is 27.2 Å². The Morgan fingerprint density at radius 1 is 1.04 bits per heavy atom. The molecule has 0 aliphatic rings. The third kappa shape index (κ3) is 5.28. The molecule has 2 aromatic carbocycles. The Labute approximate surface area is 143 Å². The SMILES string of the molecule is CN=C(NCc1cccc(OC)c1)NCC(OC)c1ccccc1. The second kappa shape index (κ2) is 9.57. The van der Waals surface area contributed by atoms with E-state index in [9.17, 15) is 0 Å². The van der Waals surface area contributed by atoms with Gasteiger partial charge in [0.2, 0.25) is 0 Å². The van der Waals surface area contributed by atoms with Crippen molar-refractivity contribution in [1.82, 2.24) is 10.6 Å². The van der Waals surface area contributed by atoms with E-state index in [-0.39, 0.29) is 6.10 Å². The highest BCUT2D eigenvalue weighted by Gasteiger charge is 2.10. The van der Waals surface area contributed by atoms with Crippen LogP contribution < -0.4 is 15.4 Å². The van der Waals surface area contributed by atoms with E-state index >= 15 is 0 Å². The molecule has 0 radical (unpaired) electrons. The molecule has 0 saturated heterocycles. The number of rotatable bonds is 7. The van der Waals surface area contributed by atoms with E-state index in [1.54, 1.807) is 21.3 Å². The Bertz CT molecular complexity index is 644. The normalized spacial score (nSPS) is 12.5. The molecule has 0 aliphatic carbocycles. The molecule has 2 rings (SSSR count). The summed E-state index contributed by atoms with van der Waals surface area (Å²) < 4.78 is 10.8. The van der Waals surface area contributed by atoms with Crippen molar-refractivity contribution in [1.29, 1.82) is 0 Å². The van der Waals surface area contributed by atoms with Gasteiger partial charge in [0.05, 0.1) is 13.2 Å². The number of methoxy groups -OCH3 is 2. The van der Waals surface area contributed by atoms with Gasteiger partial charge in [-0.25, -0.2) is 0 Å². The van der Waals surface area contributed by atoms with Crippen LogP contribution in [0.4, 0.5) is 0 Å². The molecular formula is C19H25N3O2. The monoisotopic (exact) mass is 327 g/mol. The average molecular weight is 327 g/mol. The zero-order valence-corrected chi connectivity index (χ0v) is 14.5. The fourth-order valence-electron chi connectivity index (χ4n) is 2.38. The zero-order chi connectivity index (χ0) is 17.2. The lowest BCUT2D eigenvalue weighted by Gasteiger charge is -2.19. The van der Waals surface area contributed by atoms with Crippen LogP contribution in [0.15, 0.2) is 59.6 Å². The second-order valence-corrected chi connectivity index (χ2v) is 5.29. The number of nitrogens with one attached hydrogen (secondary N) is 2. The van der Waals surface area contributed by atoms with Crippen LogP contribution in [-0.2, 0) is 11.3 Å². The van der Waals surface area contributed by atoms with E-state index in [2.05, 4.69) is 27.8 Å². The van der Waals surface area contributed by atoms with Crippen molar-refractivity contribution in [2.75, 3.05) is 27.8 Å². The molecule has 5 nitrogen and oxygen atoms in total. The molecule has 1 unspecified atom stereocenters. The Balaban J connectivity index is 1.87. The number of hydrogen-bond acceptors (Lipinski definition) is 3. The minimum absolute atomic E-state index is 0.0263. The average Bonchev–Trinajstić information content (AvgIpc) is 2.65. The summed E-state index contributed by atoms with van der Waals surface area (Å²) in [5.41, 5.74) is 2.26. The van der Waals surface area contributed by atoms with Gasteiger partial charge < -0.3 is 20.1 Å². The summed E-state index contributed by atoms with van der Waals surface area (Å²) in [7, 11) is 5.14. The highest BCUT2D eigenvalue weighted by molar-refractivity contribution is 5.79. The summed E-state index contributed by atoms with van der Waals surface area (Å²) in [5.74, 6) is 1.58. The molecule has 5 heteroatoms. The van der Waals surface area contributed by atoms with Crippen molar-refractivity contribution in [2.45, 2.75) is 12.6 Å². The summed E-state index contributed by atoms with van der Waals surface area (Å²) in [6.45, 7) is 1.30. The molecule has 0 spiro atoms. The van der Waals surface area contributed by atoms with Crippen LogP contribution in [-0.4, -0.2) is 33.8 Å². The van der Waals surface area contributed by atoms with Crippen molar-refractivity contribution in [2.24, 2.45) is 4.99 Å². The molecular weight excluding hydrogens is 302 g/mol. The molecule has 0 bridgehead atoms. The molecule has 0 fully saturated rings. The maximum absolute atomic E-state index is 5.56. The standard InChI is InChI=1S/C19H25N3O2/c1-20-19(21-13-15-8-7-11-17(12-15)23-2)22-14-18(24-3)16-9-5-4-6-10-16/h4-12,18H,13-14H2,1-3H3,(H2,20,21,22). The lowest BCUT2D eigenvalue weighted by molar-refractivity contribution is 0.106. The Kier molecular flexibility index (Phi) is 7.11. The van der Waals surface area contributed by atoms with Gasteiger partial charge in [0.15, 0.2) is 5.96 Å². The number of aliphatic imine (C=N–C) groups is 1. The first-order valence-electron chi connectivity index (χ1n) is 7.92. The van der Waals surface area contributed by atoms with Crippen molar-refractivity contribution in [3.05, 3.63) is 65.7 Å². The Morgan fingerprint density at radius 3 is 2.50 bits per heavy atom. The number of guanidine groups is 1. The van der Waals surface area contributed by atoms with E-state index in [1.807, 2.05) is 42.5 Å².